The van der Waals surface area contributed by atoms with Crippen molar-refractivity contribution in [1.29, 1.82) is 0 Å². The van der Waals surface area contributed by atoms with E-state index in [2.05, 4.69) is 10.2 Å². The fourth-order valence-electron chi connectivity index (χ4n) is 2.22. The molecule has 1 fully saturated rings. The Labute approximate surface area is 111 Å². The van der Waals surface area contributed by atoms with Crippen molar-refractivity contribution >= 4 is 17.7 Å². The van der Waals surface area contributed by atoms with Crippen molar-refractivity contribution in [3.63, 3.8) is 0 Å². The van der Waals surface area contributed by atoms with E-state index in [0.717, 1.165) is 23.8 Å². The molecule has 4 N–H and O–H groups in total. The lowest BCUT2D eigenvalue weighted by atomic mass is 9.82. The molecule has 0 spiro atoms. The zero-order valence-electron chi connectivity index (χ0n) is 10.7. The average Bonchev–Trinajstić information content (AvgIpc) is 2.61. The number of amides is 1. The van der Waals surface area contributed by atoms with Gasteiger partial charge in [-0.3, -0.25) is 4.79 Å². The van der Waals surface area contributed by atoms with Crippen LogP contribution in [0.2, 0.25) is 0 Å². The Morgan fingerprint density at radius 1 is 1.56 bits per heavy atom. The van der Waals surface area contributed by atoms with Gasteiger partial charge in [0, 0.05) is 12.3 Å². The van der Waals surface area contributed by atoms with Crippen LogP contribution in [0.15, 0.2) is 5.16 Å². The Kier molecular flexibility index (Phi) is 3.63. The van der Waals surface area contributed by atoms with Crippen LogP contribution in [-0.4, -0.2) is 31.5 Å². The largest absolute Gasteiger partial charge is 0.368 e. The molecule has 1 aliphatic carbocycles. The molecular weight excluding hydrogens is 250 g/mol. The number of thioether (sulfide) groups is 1. The molecule has 18 heavy (non-hydrogen) atoms. The molecule has 1 saturated carbocycles. The molecule has 1 aromatic heterocycles. The highest BCUT2D eigenvalue weighted by Crippen LogP contribution is 2.36. The molecule has 100 valence electrons. The molecule has 0 bridgehead atoms. The van der Waals surface area contributed by atoms with Crippen LogP contribution in [0.3, 0.4) is 0 Å². The molecule has 0 radical (unpaired) electrons. The van der Waals surface area contributed by atoms with Crippen molar-refractivity contribution < 1.29 is 4.79 Å². The predicted molar refractivity (Wildman–Crippen MR) is 70.0 cm³/mol. The van der Waals surface area contributed by atoms with Crippen molar-refractivity contribution in [3.05, 3.63) is 5.82 Å². The van der Waals surface area contributed by atoms with Crippen molar-refractivity contribution in [2.45, 2.75) is 48.6 Å². The third kappa shape index (κ3) is 2.51. The first-order valence-corrected chi connectivity index (χ1v) is 6.92. The Hall–Kier alpha value is -1.08. The van der Waals surface area contributed by atoms with E-state index in [-0.39, 0.29) is 5.25 Å². The van der Waals surface area contributed by atoms with Crippen molar-refractivity contribution in [2.24, 2.45) is 18.5 Å². The topological polar surface area (TPSA) is 99.8 Å². The maximum Gasteiger partial charge on any atom is 0.237 e. The number of primary amides is 1. The van der Waals surface area contributed by atoms with E-state index < -0.39 is 11.4 Å². The third-order valence-electron chi connectivity index (χ3n) is 3.56. The van der Waals surface area contributed by atoms with E-state index in [9.17, 15) is 4.79 Å². The number of nitrogens with two attached hydrogens (primary N) is 2. The molecule has 1 aliphatic rings. The van der Waals surface area contributed by atoms with Crippen molar-refractivity contribution in [1.82, 2.24) is 14.8 Å². The fourth-order valence-corrected chi connectivity index (χ4v) is 3.56. The van der Waals surface area contributed by atoms with Crippen LogP contribution in [0.25, 0.3) is 0 Å². The molecule has 6 nitrogen and oxygen atoms in total. The standard InChI is InChI=1S/C11H19N5OS/c1-7-14-15-10(16(7)2)18-8-4-3-5-11(13,6-8)9(12)17/h8H,3-6,13H2,1-2H3,(H2,12,17). The minimum Gasteiger partial charge on any atom is -0.368 e. The van der Waals surface area contributed by atoms with E-state index in [1.54, 1.807) is 11.8 Å². The normalized spacial score (nSPS) is 28.3. The van der Waals surface area contributed by atoms with Crippen molar-refractivity contribution in [2.75, 3.05) is 0 Å². The van der Waals surface area contributed by atoms with Crippen LogP contribution in [-0.2, 0) is 11.8 Å². The first kappa shape index (κ1) is 13.4. The molecule has 2 atom stereocenters. The molecule has 1 aromatic rings. The van der Waals surface area contributed by atoms with Crippen LogP contribution < -0.4 is 11.5 Å². The van der Waals surface area contributed by atoms with Gasteiger partial charge in [0.1, 0.15) is 5.82 Å². The Bertz CT molecular complexity index is 460. The van der Waals surface area contributed by atoms with Crippen molar-refractivity contribution in [3.8, 4) is 0 Å². The number of rotatable bonds is 3. The molecule has 0 aliphatic heterocycles. The molecule has 2 unspecified atom stereocenters. The van der Waals surface area contributed by atoms with Gasteiger partial charge in [0.25, 0.3) is 0 Å². The minimum atomic E-state index is -0.858. The van der Waals surface area contributed by atoms with Gasteiger partial charge < -0.3 is 16.0 Å². The van der Waals surface area contributed by atoms with Gasteiger partial charge in [0.15, 0.2) is 5.16 Å². The zero-order chi connectivity index (χ0) is 13.3. The molecule has 1 heterocycles. The number of hydrogen-bond donors (Lipinski definition) is 2. The van der Waals surface area contributed by atoms with Gasteiger partial charge in [-0.1, -0.05) is 11.8 Å². The van der Waals surface area contributed by atoms with E-state index in [1.807, 2.05) is 18.5 Å². The van der Waals surface area contributed by atoms with E-state index in [4.69, 9.17) is 11.5 Å². The lowest BCUT2D eigenvalue weighted by Gasteiger charge is -2.34. The van der Waals surface area contributed by atoms with Gasteiger partial charge >= 0.3 is 0 Å². The second kappa shape index (κ2) is 4.89. The summed E-state index contributed by atoms with van der Waals surface area (Å²) in [5, 5.41) is 9.29. The summed E-state index contributed by atoms with van der Waals surface area (Å²) in [6.07, 6.45) is 3.24. The maximum absolute atomic E-state index is 11.4. The first-order valence-electron chi connectivity index (χ1n) is 6.04. The zero-order valence-corrected chi connectivity index (χ0v) is 11.5. The second-order valence-corrected chi connectivity index (χ2v) is 6.21. The number of carbonyl (C=O) groups is 1. The molecule has 7 heteroatoms. The van der Waals surface area contributed by atoms with Gasteiger partial charge in [-0.25, -0.2) is 0 Å². The minimum absolute atomic E-state index is 0.276. The van der Waals surface area contributed by atoms with Crippen LogP contribution >= 0.6 is 11.8 Å². The molecule has 0 aromatic carbocycles. The van der Waals surface area contributed by atoms with Gasteiger partial charge in [0.05, 0.1) is 5.54 Å². The van der Waals surface area contributed by atoms with E-state index in [1.165, 1.54) is 0 Å². The Morgan fingerprint density at radius 3 is 2.83 bits per heavy atom. The lowest BCUT2D eigenvalue weighted by molar-refractivity contribution is -0.124. The summed E-state index contributed by atoms with van der Waals surface area (Å²) in [7, 11) is 1.93. The Balaban J connectivity index is 2.06. The van der Waals surface area contributed by atoms with Crippen LogP contribution in [0.1, 0.15) is 31.5 Å². The van der Waals surface area contributed by atoms with Gasteiger partial charge in [-0.2, -0.15) is 0 Å². The average molecular weight is 269 g/mol. The highest BCUT2D eigenvalue weighted by molar-refractivity contribution is 7.99. The van der Waals surface area contributed by atoms with Crippen LogP contribution in [0.5, 0.6) is 0 Å². The summed E-state index contributed by atoms with van der Waals surface area (Å²) in [4.78, 5) is 11.4. The van der Waals surface area contributed by atoms with Crippen LogP contribution in [0, 0.1) is 6.92 Å². The molecule has 2 rings (SSSR count). The van der Waals surface area contributed by atoms with Gasteiger partial charge in [-0.15, -0.1) is 10.2 Å². The fraction of sp³-hybridized carbons (Fsp3) is 0.727. The molecule has 1 amide bonds. The third-order valence-corrected chi connectivity index (χ3v) is 4.86. The smallest absolute Gasteiger partial charge is 0.237 e. The molecular formula is C11H19N5OS. The number of nitrogens with zero attached hydrogens (tertiary/aromatic N) is 3. The summed E-state index contributed by atoms with van der Waals surface area (Å²) in [5.41, 5.74) is 10.6. The number of aromatic nitrogens is 3. The summed E-state index contributed by atoms with van der Waals surface area (Å²) in [5.74, 6) is 0.476. The second-order valence-electron chi connectivity index (χ2n) is 4.95. The summed E-state index contributed by atoms with van der Waals surface area (Å²) in [6, 6.07) is 0. The highest BCUT2D eigenvalue weighted by Gasteiger charge is 2.38. The predicted octanol–water partition coefficient (Wildman–Crippen LogP) is 0.341. The quantitative estimate of drug-likeness (QED) is 0.824. The number of aryl methyl sites for hydroxylation is 1. The van der Waals surface area contributed by atoms with Crippen LogP contribution in [0.4, 0.5) is 0 Å². The summed E-state index contributed by atoms with van der Waals surface area (Å²) in [6.45, 7) is 1.91. The molecule has 0 saturated heterocycles. The maximum atomic E-state index is 11.4. The SMILES string of the molecule is Cc1nnc(SC2CCCC(N)(C(N)=O)C2)n1C. The first-order chi connectivity index (χ1) is 8.42. The summed E-state index contributed by atoms with van der Waals surface area (Å²) < 4.78 is 1.95. The highest BCUT2D eigenvalue weighted by atomic mass is 32.2. The van der Waals surface area contributed by atoms with E-state index >= 15 is 0 Å². The number of carbonyl (C=O) groups excluding carboxylic acids is 1. The monoisotopic (exact) mass is 269 g/mol. The Morgan fingerprint density at radius 2 is 2.28 bits per heavy atom. The van der Waals surface area contributed by atoms with E-state index in [0.29, 0.717) is 12.8 Å². The summed E-state index contributed by atoms with van der Waals surface area (Å²) >= 11 is 1.63. The van der Waals surface area contributed by atoms with Gasteiger partial charge in [0.2, 0.25) is 5.91 Å². The number of hydrogen-bond acceptors (Lipinski definition) is 5. The lowest BCUT2D eigenvalue weighted by Crippen LogP contribution is -2.55. The van der Waals surface area contributed by atoms with Gasteiger partial charge in [-0.05, 0) is 32.6 Å².